The molecule has 0 bridgehead atoms. The molecule has 47 heavy (non-hydrogen) atoms. The van der Waals surface area contributed by atoms with E-state index in [9.17, 15) is 9.59 Å². The lowest BCUT2D eigenvalue weighted by molar-refractivity contribution is -0.138. The summed E-state index contributed by atoms with van der Waals surface area (Å²) in [6, 6.07) is 24.6. The van der Waals surface area contributed by atoms with Gasteiger partial charge in [-0.15, -0.1) is 0 Å². The highest BCUT2D eigenvalue weighted by Crippen LogP contribution is 2.45. The first-order chi connectivity index (χ1) is 23.0. The number of hydrogen-bond acceptors (Lipinski definition) is 6. The Kier molecular flexibility index (Phi) is 9.87. The second-order valence-corrected chi connectivity index (χ2v) is 11.6. The van der Waals surface area contributed by atoms with E-state index in [2.05, 4.69) is 58.3 Å². The summed E-state index contributed by atoms with van der Waals surface area (Å²) in [6.45, 7) is 1.35. The minimum Gasteiger partial charge on any atom is -0.481 e. The first kappa shape index (κ1) is 31.5. The molecule has 8 nitrogen and oxygen atoms in total. The standard InChI is InChI=1S/C39H38N2O6/c42-36(43)20-10-12-26-40-32-24-22-28-14-6-8-16-30(28)38(32)46-34(40)18-4-2-1-3-5-19-35-41(27-13-11-21-37(44)45)33-25-23-29-15-7-9-17-31(29)39(33)47-35/h1-9,14-19,22-25,34H,10-13,20-21,26-27H2,(H,42,43)(H,44,45). The predicted molar refractivity (Wildman–Crippen MR) is 186 cm³/mol. The van der Waals surface area contributed by atoms with Crippen LogP contribution in [0, 0.1) is 0 Å². The zero-order valence-corrected chi connectivity index (χ0v) is 26.1. The van der Waals surface area contributed by atoms with E-state index in [0.717, 1.165) is 57.3 Å². The summed E-state index contributed by atoms with van der Waals surface area (Å²) in [5.74, 6) is 0.811. The molecule has 2 aliphatic heterocycles. The largest absolute Gasteiger partial charge is 0.481 e. The van der Waals surface area contributed by atoms with Gasteiger partial charge in [-0.05, 0) is 60.7 Å². The number of unbranched alkanes of at least 4 members (excludes halogenated alkanes) is 2. The Morgan fingerprint density at radius 2 is 1.26 bits per heavy atom. The van der Waals surface area contributed by atoms with Crippen LogP contribution in [0.3, 0.4) is 0 Å². The summed E-state index contributed by atoms with van der Waals surface area (Å²) in [5, 5.41) is 22.4. The minimum atomic E-state index is -0.783. The van der Waals surface area contributed by atoms with E-state index in [1.165, 1.54) is 0 Å². The highest BCUT2D eigenvalue weighted by molar-refractivity contribution is 5.96. The fourth-order valence-electron chi connectivity index (χ4n) is 6.07. The maximum Gasteiger partial charge on any atom is 0.303 e. The second-order valence-electron chi connectivity index (χ2n) is 11.6. The normalized spacial score (nSPS) is 16.5. The van der Waals surface area contributed by atoms with E-state index >= 15 is 0 Å². The highest BCUT2D eigenvalue weighted by Gasteiger charge is 2.30. The number of allylic oxidation sites excluding steroid dienone is 6. The summed E-state index contributed by atoms with van der Waals surface area (Å²) in [6.07, 6.45) is 16.3. The molecule has 240 valence electrons. The van der Waals surface area contributed by atoms with Crippen molar-refractivity contribution in [2.24, 2.45) is 0 Å². The number of ether oxygens (including phenoxy) is 2. The molecule has 6 rings (SSSR count). The molecule has 0 amide bonds. The van der Waals surface area contributed by atoms with E-state index in [1.807, 2.05) is 66.8 Å². The lowest BCUT2D eigenvalue weighted by Gasteiger charge is -2.22. The van der Waals surface area contributed by atoms with Crippen LogP contribution in [-0.2, 0) is 9.59 Å². The van der Waals surface area contributed by atoms with Gasteiger partial charge in [0.25, 0.3) is 0 Å². The molecule has 0 aliphatic carbocycles. The molecule has 1 atom stereocenters. The molecule has 2 heterocycles. The smallest absolute Gasteiger partial charge is 0.303 e. The molecule has 2 N–H and O–H groups in total. The lowest BCUT2D eigenvalue weighted by Crippen LogP contribution is -2.33. The number of carboxylic acid groups (broad SMARTS) is 2. The van der Waals surface area contributed by atoms with Crippen molar-refractivity contribution in [3.8, 4) is 11.5 Å². The summed E-state index contributed by atoms with van der Waals surface area (Å²) < 4.78 is 12.8. The third-order valence-corrected chi connectivity index (χ3v) is 8.36. The van der Waals surface area contributed by atoms with Crippen LogP contribution >= 0.6 is 0 Å². The molecule has 1 unspecified atom stereocenters. The van der Waals surface area contributed by atoms with Crippen LogP contribution in [0.25, 0.3) is 21.5 Å². The van der Waals surface area contributed by atoms with Gasteiger partial charge in [0.15, 0.2) is 17.7 Å². The van der Waals surface area contributed by atoms with Gasteiger partial charge in [-0.2, -0.15) is 0 Å². The molecule has 4 aromatic rings. The average molecular weight is 631 g/mol. The Labute approximate surface area is 274 Å². The third-order valence-electron chi connectivity index (χ3n) is 8.36. The lowest BCUT2D eigenvalue weighted by atomic mass is 10.1. The van der Waals surface area contributed by atoms with E-state index in [-0.39, 0.29) is 19.1 Å². The van der Waals surface area contributed by atoms with Crippen LogP contribution in [-0.4, -0.2) is 41.5 Å². The van der Waals surface area contributed by atoms with Gasteiger partial charge in [-0.25, -0.2) is 0 Å². The molecule has 0 saturated heterocycles. The number of aliphatic carboxylic acids is 2. The van der Waals surface area contributed by atoms with Crippen LogP contribution < -0.4 is 19.3 Å². The summed E-state index contributed by atoms with van der Waals surface area (Å²) in [4.78, 5) is 26.3. The average Bonchev–Trinajstić information content (AvgIpc) is 3.62. The Balaban J connectivity index is 1.14. The van der Waals surface area contributed by atoms with Gasteiger partial charge in [-0.3, -0.25) is 9.59 Å². The summed E-state index contributed by atoms with van der Waals surface area (Å²) in [5.41, 5.74) is 2.00. The Bertz CT molecular complexity index is 1890. The van der Waals surface area contributed by atoms with E-state index < -0.39 is 11.9 Å². The topological polar surface area (TPSA) is 99.5 Å². The number of fused-ring (bicyclic) bond motifs is 6. The van der Waals surface area contributed by atoms with Crippen LogP contribution in [0.1, 0.15) is 38.5 Å². The number of benzene rings is 4. The van der Waals surface area contributed by atoms with Crippen molar-refractivity contribution >= 4 is 44.9 Å². The third kappa shape index (κ3) is 7.33. The molecule has 2 aliphatic rings. The first-order valence-corrected chi connectivity index (χ1v) is 16.1. The fraction of sp³-hybridized carbons (Fsp3) is 0.231. The minimum absolute atomic E-state index is 0.146. The Morgan fingerprint density at radius 1 is 0.660 bits per heavy atom. The molecule has 0 radical (unpaired) electrons. The van der Waals surface area contributed by atoms with Gasteiger partial charge >= 0.3 is 11.9 Å². The summed E-state index contributed by atoms with van der Waals surface area (Å²) >= 11 is 0. The molecule has 0 fully saturated rings. The van der Waals surface area contributed by atoms with Crippen molar-refractivity contribution in [1.29, 1.82) is 0 Å². The molecule has 4 aromatic carbocycles. The zero-order valence-electron chi connectivity index (χ0n) is 26.1. The van der Waals surface area contributed by atoms with Crippen molar-refractivity contribution in [3.63, 3.8) is 0 Å². The van der Waals surface area contributed by atoms with E-state index in [0.29, 0.717) is 31.8 Å². The van der Waals surface area contributed by atoms with Crippen molar-refractivity contribution in [2.75, 3.05) is 22.9 Å². The molecule has 0 aromatic heterocycles. The van der Waals surface area contributed by atoms with Gasteiger partial charge in [0.05, 0.1) is 11.4 Å². The van der Waals surface area contributed by atoms with Crippen molar-refractivity contribution < 1.29 is 29.3 Å². The number of nitrogens with zero attached hydrogens (tertiary/aromatic N) is 2. The van der Waals surface area contributed by atoms with Gasteiger partial charge in [0.1, 0.15) is 0 Å². The predicted octanol–water partition coefficient (Wildman–Crippen LogP) is 8.44. The Morgan fingerprint density at radius 3 is 1.96 bits per heavy atom. The maximum absolute atomic E-state index is 11.0. The molecular formula is C39H38N2O6. The molecule has 0 saturated carbocycles. The number of carbonyl (C=O) groups is 2. The molecular weight excluding hydrogens is 592 g/mol. The Hall–Kier alpha value is -5.50. The van der Waals surface area contributed by atoms with Gasteiger partial charge < -0.3 is 29.5 Å². The quantitative estimate of drug-likeness (QED) is 0.106. The van der Waals surface area contributed by atoms with E-state index in [4.69, 9.17) is 19.7 Å². The monoisotopic (exact) mass is 630 g/mol. The van der Waals surface area contributed by atoms with Crippen LogP contribution in [0.15, 0.2) is 121 Å². The molecule has 8 heteroatoms. The van der Waals surface area contributed by atoms with Crippen LogP contribution in [0.4, 0.5) is 11.4 Å². The second kappa shape index (κ2) is 14.7. The number of hydrogen-bond donors (Lipinski definition) is 2. The first-order valence-electron chi connectivity index (χ1n) is 16.1. The number of anilines is 2. The van der Waals surface area contributed by atoms with Crippen LogP contribution in [0.2, 0.25) is 0 Å². The highest BCUT2D eigenvalue weighted by atomic mass is 16.5. The number of carboxylic acids is 2. The SMILES string of the molecule is O=C(O)CCCCN1C(=CC=CC=CC=CC2Oc3c(ccc4ccccc34)N2CCCCC(=O)O)Oc2c1ccc1ccccc21. The van der Waals surface area contributed by atoms with E-state index in [1.54, 1.807) is 0 Å². The van der Waals surface area contributed by atoms with Crippen molar-refractivity contribution in [3.05, 3.63) is 121 Å². The van der Waals surface area contributed by atoms with Crippen molar-refractivity contribution in [1.82, 2.24) is 0 Å². The van der Waals surface area contributed by atoms with Crippen LogP contribution in [0.5, 0.6) is 11.5 Å². The fourth-order valence-corrected chi connectivity index (χ4v) is 6.07. The summed E-state index contributed by atoms with van der Waals surface area (Å²) in [7, 11) is 0. The van der Waals surface area contributed by atoms with Gasteiger partial charge in [0.2, 0.25) is 5.88 Å². The zero-order chi connectivity index (χ0) is 32.6. The van der Waals surface area contributed by atoms with Gasteiger partial charge in [-0.1, -0.05) is 91.0 Å². The maximum atomic E-state index is 11.0. The molecule has 0 spiro atoms. The number of rotatable bonds is 14. The van der Waals surface area contributed by atoms with Crippen molar-refractivity contribution in [2.45, 2.75) is 44.8 Å². The van der Waals surface area contributed by atoms with Gasteiger partial charge in [0, 0.05) is 36.7 Å².